The SMILES string of the molecule is CN1CCc2ccc(O)cc2C(Sc2ccccc2)(c2ccccc2)C1.Cl. The number of hydrogen-bond donors (Lipinski definition) is 1. The van der Waals surface area contributed by atoms with Gasteiger partial charge in [0.15, 0.2) is 0 Å². The van der Waals surface area contributed by atoms with Gasteiger partial charge >= 0.3 is 0 Å². The zero-order chi connectivity index (χ0) is 18.0. The van der Waals surface area contributed by atoms with Crippen LogP contribution >= 0.6 is 24.2 Å². The van der Waals surface area contributed by atoms with Crippen molar-refractivity contribution < 1.29 is 5.11 Å². The molecule has 1 aliphatic rings. The molecule has 4 rings (SSSR count). The number of rotatable bonds is 3. The molecule has 0 aromatic heterocycles. The van der Waals surface area contributed by atoms with E-state index in [9.17, 15) is 5.11 Å². The highest BCUT2D eigenvalue weighted by Crippen LogP contribution is 2.50. The summed E-state index contributed by atoms with van der Waals surface area (Å²) < 4.78 is -0.262. The minimum atomic E-state index is -0.262. The van der Waals surface area contributed by atoms with E-state index in [1.54, 1.807) is 0 Å². The van der Waals surface area contributed by atoms with Crippen LogP contribution in [0.4, 0.5) is 0 Å². The van der Waals surface area contributed by atoms with Crippen molar-refractivity contribution in [2.24, 2.45) is 0 Å². The van der Waals surface area contributed by atoms with Crippen molar-refractivity contribution in [1.29, 1.82) is 0 Å². The molecule has 0 saturated heterocycles. The monoisotopic (exact) mass is 397 g/mol. The first-order valence-electron chi connectivity index (χ1n) is 8.98. The van der Waals surface area contributed by atoms with E-state index in [0.717, 1.165) is 19.5 Å². The third-order valence-electron chi connectivity index (χ3n) is 5.06. The molecule has 0 saturated carbocycles. The molecule has 3 aromatic carbocycles. The van der Waals surface area contributed by atoms with Crippen LogP contribution in [0.3, 0.4) is 0 Å². The number of nitrogens with zero attached hydrogens (tertiary/aromatic N) is 1. The summed E-state index contributed by atoms with van der Waals surface area (Å²) in [4.78, 5) is 3.64. The van der Waals surface area contributed by atoms with Gasteiger partial charge in [0.1, 0.15) is 5.75 Å². The van der Waals surface area contributed by atoms with Gasteiger partial charge < -0.3 is 10.0 Å². The molecule has 27 heavy (non-hydrogen) atoms. The Morgan fingerprint density at radius 2 is 1.59 bits per heavy atom. The molecule has 3 aromatic rings. The van der Waals surface area contributed by atoms with Gasteiger partial charge in [-0.1, -0.05) is 54.6 Å². The number of phenolic OH excluding ortho intramolecular Hbond substituents is 1. The number of likely N-dealkylation sites (N-methyl/N-ethyl adjacent to an activating group) is 1. The summed E-state index contributed by atoms with van der Waals surface area (Å²) in [6, 6.07) is 27.1. The second kappa shape index (κ2) is 8.39. The molecule has 1 aliphatic heterocycles. The molecule has 1 atom stereocenters. The summed E-state index contributed by atoms with van der Waals surface area (Å²) >= 11 is 1.88. The molecular weight excluding hydrogens is 374 g/mol. The van der Waals surface area contributed by atoms with Gasteiger partial charge in [-0.2, -0.15) is 0 Å². The maximum absolute atomic E-state index is 10.3. The summed E-state index contributed by atoms with van der Waals surface area (Å²) in [6.07, 6.45) is 0.996. The van der Waals surface area contributed by atoms with E-state index in [4.69, 9.17) is 0 Å². The molecule has 0 aliphatic carbocycles. The van der Waals surface area contributed by atoms with Crippen LogP contribution in [0.15, 0.2) is 83.8 Å². The van der Waals surface area contributed by atoms with E-state index in [0.29, 0.717) is 5.75 Å². The second-order valence-corrected chi connectivity index (χ2v) is 8.31. The number of fused-ring (bicyclic) bond motifs is 1. The quantitative estimate of drug-likeness (QED) is 0.645. The van der Waals surface area contributed by atoms with E-state index < -0.39 is 0 Å². The molecular formula is C23H24ClNOS. The van der Waals surface area contributed by atoms with Gasteiger partial charge in [-0.15, -0.1) is 24.2 Å². The molecule has 0 fully saturated rings. The number of phenols is 1. The maximum Gasteiger partial charge on any atom is 0.115 e. The lowest BCUT2D eigenvalue weighted by atomic mass is 9.87. The van der Waals surface area contributed by atoms with Crippen LogP contribution in [-0.2, 0) is 11.2 Å². The van der Waals surface area contributed by atoms with Gasteiger partial charge in [-0.3, -0.25) is 0 Å². The average molecular weight is 398 g/mol. The molecule has 0 spiro atoms. The van der Waals surface area contributed by atoms with Crippen LogP contribution in [-0.4, -0.2) is 30.1 Å². The largest absolute Gasteiger partial charge is 0.508 e. The molecule has 0 bridgehead atoms. The summed E-state index contributed by atoms with van der Waals surface area (Å²) in [5, 5.41) is 10.3. The zero-order valence-electron chi connectivity index (χ0n) is 15.3. The van der Waals surface area contributed by atoms with Gasteiger partial charge in [-0.25, -0.2) is 0 Å². The molecule has 2 nitrogen and oxygen atoms in total. The predicted molar refractivity (Wildman–Crippen MR) is 116 cm³/mol. The van der Waals surface area contributed by atoms with Crippen molar-refractivity contribution in [2.45, 2.75) is 16.1 Å². The fourth-order valence-electron chi connectivity index (χ4n) is 3.80. The maximum atomic E-state index is 10.3. The minimum Gasteiger partial charge on any atom is -0.508 e. The highest BCUT2D eigenvalue weighted by molar-refractivity contribution is 8.00. The van der Waals surface area contributed by atoms with Crippen molar-refractivity contribution in [3.05, 3.63) is 95.6 Å². The number of halogens is 1. The normalized spacial score (nSPS) is 19.6. The fraction of sp³-hybridized carbons (Fsp3) is 0.217. The van der Waals surface area contributed by atoms with E-state index in [1.807, 2.05) is 23.9 Å². The first kappa shape index (κ1) is 19.8. The van der Waals surface area contributed by atoms with Crippen LogP contribution in [0.25, 0.3) is 0 Å². The van der Waals surface area contributed by atoms with Crippen LogP contribution in [0.2, 0.25) is 0 Å². The summed E-state index contributed by atoms with van der Waals surface area (Å²) in [5.41, 5.74) is 3.82. The Morgan fingerprint density at radius 3 is 2.30 bits per heavy atom. The molecule has 1 heterocycles. The predicted octanol–water partition coefficient (Wildman–Crippen LogP) is 5.34. The Bertz CT molecular complexity index is 887. The molecule has 4 heteroatoms. The Morgan fingerprint density at radius 1 is 0.926 bits per heavy atom. The van der Waals surface area contributed by atoms with Crippen LogP contribution in [0.1, 0.15) is 16.7 Å². The number of hydrogen-bond acceptors (Lipinski definition) is 3. The Hall–Kier alpha value is -1.94. The standard InChI is InChI=1S/C23H23NOS.ClH/c1-24-15-14-18-12-13-20(25)16-22(18)23(17-24,19-8-4-2-5-9-19)26-21-10-6-3-7-11-21;/h2-13,16,25H,14-15,17H2,1H3;1H. The fourth-order valence-corrected chi connectivity index (χ4v) is 5.34. The first-order chi connectivity index (χ1) is 12.7. The zero-order valence-corrected chi connectivity index (χ0v) is 17.0. The van der Waals surface area contributed by atoms with E-state index >= 15 is 0 Å². The summed E-state index contributed by atoms with van der Waals surface area (Å²) in [6.45, 7) is 1.91. The number of aromatic hydroxyl groups is 1. The van der Waals surface area contributed by atoms with E-state index in [-0.39, 0.29) is 17.2 Å². The summed E-state index contributed by atoms with van der Waals surface area (Å²) in [5.74, 6) is 0.335. The van der Waals surface area contributed by atoms with Gasteiger partial charge in [-0.05, 0) is 54.4 Å². The second-order valence-electron chi connectivity index (χ2n) is 6.94. The Balaban J connectivity index is 0.00000210. The third-order valence-corrected chi connectivity index (χ3v) is 6.50. The summed E-state index contributed by atoms with van der Waals surface area (Å²) in [7, 11) is 2.19. The lowest BCUT2D eigenvalue weighted by Crippen LogP contribution is -2.36. The highest BCUT2D eigenvalue weighted by Gasteiger charge is 2.40. The molecule has 140 valence electrons. The van der Waals surface area contributed by atoms with Gasteiger partial charge in [0.2, 0.25) is 0 Å². The lowest BCUT2D eigenvalue weighted by molar-refractivity contribution is 0.327. The molecule has 0 amide bonds. The van der Waals surface area contributed by atoms with Gasteiger partial charge in [0.25, 0.3) is 0 Å². The average Bonchev–Trinajstić information content (AvgIpc) is 2.81. The number of benzene rings is 3. The number of thioether (sulfide) groups is 1. The molecule has 1 unspecified atom stereocenters. The van der Waals surface area contributed by atoms with Crippen molar-refractivity contribution in [3.63, 3.8) is 0 Å². The van der Waals surface area contributed by atoms with Crippen LogP contribution < -0.4 is 0 Å². The topological polar surface area (TPSA) is 23.5 Å². The van der Waals surface area contributed by atoms with Crippen molar-refractivity contribution >= 4 is 24.2 Å². The molecule has 0 radical (unpaired) electrons. The first-order valence-corrected chi connectivity index (χ1v) is 9.79. The Labute approximate surface area is 171 Å². The Kier molecular flexibility index (Phi) is 6.15. The smallest absolute Gasteiger partial charge is 0.115 e. The lowest BCUT2D eigenvalue weighted by Gasteiger charge is -2.37. The molecule has 1 N–H and O–H groups in total. The van der Waals surface area contributed by atoms with Crippen molar-refractivity contribution in [1.82, 2.24) is 4.90 Å². The van der Waals surface area contributed by atoms with Gasteiger partial charge in [0.05, 0.1) is 4.75 Å². The highest BCUT2D eigenvalue weighted by atomic mass is 35.5. The minimum absolute atomic E-state index is 0. The van der Waals surface area contributed by atoms with Crippen LogP contribution in [0, 0.1) is 0 Å². The van der Waals surface area contributed by atoms with Crippen molar-refractivity contribution in [2.75, 3.05) is 20.1 Å². The van der Waals surface area contributed by atoms with E-state index in [1.165, 1.54) is 21.6 Å². The third kappa shape index (κ3) is 4.01. The van der Waals surface area contributed by atoms with Gasteiger partial charge in [0, 0.05) is 18.0 Å². The van der Waals surface area contributed by atoms with E-state index in [2.05, 4.69) is 78.7 Å². The van der Waals surface area contributed by atoms with Crippen LogP contribution in [0.5, 0.6) is 5.75 Å². The van der Waals surface area contributed by atoms with Crippen molar-refractivity contribution in [3.8, 4) is 5.75 Å².